The molecule has 0 bridgehead atoms. The van der Waals surface area contributed by atoms with E-state index in [1.165, 1.54) is 12.3 Å². The Kier molecular flexibility index (Phi) is 3.21. The third kappa shape index (κ3) is 2.24. The van der Waals surface area contributed by atoms with Crippen molar-refractivity contribution < 1.29 is 9.90 Å². The van der Waals surface area contributed by atoms with Crippen LogP contribution in [0.4, 0.5) is 11.5 Å². The van der Waals surface area contributed by atoms with Gasteiger partial charge in [0.25, 0.3) is 0 Å². The molecule has 6 nitrogen and oxygen atoms in total. The third-order valence-electron chi connectivity index (χ3n) is 3.56. The fourth-order valence-corrected chi connectivity index (χ4v) is 2.32. The Morgan fingerprint density at radius 2 is 1.86 bits per heavy atom. The van der Waals surface area contributed by atoms with E-state index in [-0.39, 0.29) is 5.56 Å². The predicted molar refractivity (Wildman–Crippen MR) is 86.3 cm³/mol. The lowest BCUT2D eigenvalue weighted by Gasteiger charge is -2.12. The molecule has 0 saturated heterocycles. The number of benzene rings is 1. The molecule has 6 heteroatoms. The van der Waals surface area contributed by atoms with Gasteiger partial charge in [0.15, 0.2) is 0 Å². The monoisotopic (exact) mass is 296 g/mol. The van der Waals surface area contributed by atoms with Crippen molar-refractivity contribution >= 4 is 23.1 Å². The van der Waals surface area contributed by atoms with E-state index in [0.29, 0.717) is 17.2 Å². The molecule has 3 aromatic rings. The van der Waals surface area contributed by atoms with Crippen LogP contribution in [0.1, 0.15) is 10.4 Å². The maximum atomic E-state index is 11.1. The predicted octanol–water partition coefficient (Wildman–Crippen LogP) is 2.35. The third-order valence-corrected chi connectivity index (χ3v) is 3.56. The van der Waals surface area contributed by atoms with Crippen LogP contribution in [0, 0.1) is 0 Å². The van der Waals surface area contributed by atoms with Crippen LogP contribution in [0.5, 0.6) is 0 Å². The molecular formula is C16H16N4O2. The topological polar surface area (TPSA) is 83.9 Å². The summed E-state index contributed by atoms with van der Waals surface area (Å²) < 4.78 is 1.60. The van der Waals surface area contributed by atoms with Gasteiger partial charge >= 0.3 is 5.97 Å². The first-order valence-electron chi connectivity index (χ1n) is 6.76. The highest BCUT2D eigenvalue weighted by molar-refractivity contribution is 5.88. The molecule has 2 heterocycles. The summed E-state index contributed by atoms with van der Waals surface area (Å²) >= 11 is 0. The van der Waals surface area contributed by atoms with Crippen LogP contribution in [-0.4, -0.2) is 34.6 Å². The molecule has 0 fully saturated rings. The highest BCUT2D eigenvalue weighted by Gasteiger charge is 2.13. The number of fused-ring (bicyclic) bond motifs is 1. The summed E-state index contributed by atoms with van der Waals surface area (Å²) in [6.07, 6.45) is 1.48. The standard InChI is InChI=1S/C16H16N4O2/c1-19(2)12-6-3-10(4-7-12)14-15(17)20-9-11(16(21)22)5-8-13(20)18-14/h3-9H,17H2,1-2H3,(H,21,22). The van der Waals surface area contributed by atoms with Crippen LogP contribution in [0.15, 0.2) is 42.6 Å². The molecule has 3 rings (SSSR count). The minimum absolute atomic E-state index is 0.172. The number of anilines is 2. The summed E-state index contributed by atoms with van der Waals surface area (Å²) in [6.45, 7) is 0. The number of hydrogen-bond donors (Lipinski definition) is 2. The van der Waals surface area contributed by atoms with E-state index in [2.05, 4.69) is 4.98 Å². The van der Waals surface area contributed by atoms with Crippen molar-refractivity contribution in [2.24, 2.45) is 0 Å². The lowest BCUT2D eigenvalue weighted by Crippen LogP contribution is -2.07. The number of rotatable bonds is 3. The van der Waals surface area contributed by atoms with E-state index in [1.54, 1.807) is 10.5 Å². The first kappa shape index (κ1) is 13.9. The van der Waals surface area contributed by atoms with Crippen LogP contribution in [0.3, 0.4) is 0 Å². The number of pyridine rings is 1. The summed E-state index contributed by atoms with van der Waals surface area (Å²) in [4.78, 5) is 17.6. The number of carboxylic acid groups (broad SMARTS) is 1. The van der Waals surface area contributed by atoms with Gasteiger partial charge in [-0.2, -0.15) is 0 Å². The number of aromatic carboxylic acids is 1. The number of carbonyl (C=O) groups is 1. The Morgan fingerprint density at radius 3 is 2.45 bits per heavy atom. The molecule has 0 aliphatic heterocycles. The van der Waals surface area contributed by atoms with Crippen LogP contribution in [0.25, 0.3) is 16.9 Å². The summed E-state index contributed by atoms with van der Waals surface area (Å²) in [5.41, 5.74) is 9.55. The lowest BCUT2D eigenvalue weighted by molar-refractivity contribution is 0.0696. The average molecular weight is 296 g/mol. The van der Waals surface area contributed by atoms with E-state index in [4.69, 9.17) is 10.8 Å². The maximum Gasteiger partial charge on any atom is 0.337 e. The molecule has 0 spiro atoms. The van der Waals surface area contributed by atoms with Gasteiger partial charge in [0.2, 0.25) is 0 Å². The molecular weight excluding hydrogens is 280 g/mol. The highest BCUT2D eigenvalue weighted by Crippen LogP contribution is 2.28. The van der Waals surface area contributed by atoms with E-state index in [0.717, 1.165) is 11.3 Å². The fourth-order valence-electron chi connectivity index (χ4n) is 2.32. The van der Waals surface area contributed by atoms with Gasteiger partial charge in [-0.25, -0.2) is 9.78 Å². The Morgan fingerprint density at radius 1 is 1.18 bits per heavy atom. The molecule has 0 unspecified atom stereocenters. The van der Waals surface area contributed by atoms with E-state index in [9.17, 15) is 4.79 Å². The first-order chi connectivity index (χ1) is 10.5. The number of nitrogen functional groups attached to an aromatic ring is 1. The molecule has 0 amide bonds. The first-order valence-corrected chi connectivity index (χ1v) is 6.76. The SMILES string of the molecule is CN(C)c1ccc(-c2nc3ccc(C(=O)O)cn3c2N)cc1. The van der Waals surface area contributed by atoms with E-state index in [1.807, 2.05) is 43.3 Å². The molecule has 0 aliphatic carbocycles. The zero-order chi connectivity index (χ0) is 15.9. The van der Waals surface area contributed by atoms with Crippen molar-refractivity contribution in [2.45, 2.75) is 0 Å². The van der Waals surface area contributed by atoms with Crippen molar-refractivity contribution in [3.63, 3.8) is 0 Å². The number of carboxylic acids is 1. The number of aromatic nitrogens is 2. The summed E-state index contributed by atoms with van der Waals surface area (Å²) in [7, 11) is 3.95. The van der Waals surface area contributed by atoms with Crippen LogP contribution < -0.4 is 10.6 Å². The Balaban J connectivity index is 2.11. The minimum atomic E-state index is -0.994. The number of hydrogen-bond acceptors (Lipinski definition) is 4. The normalized spacial score (nSPS) is 10.8. The second-order valence-corrected chi connectivity index (χ2v) is 5.24. The van der Waals surface area contributed by atoms with E-state index < -0.39 is 5.97 Å². The zero-order valence-electron chi connectivity index (χ0n) is 12.3. The largest absolute Gasteiger partial charge is 0.478 e. The lowest BCUT2D eigenvalue weighted by atomic mass is 10.1. The minimum Gasteiger partial charge on any atom is -0.478 e. The van der Waals surface area contributed by atoms with E-state index >= 15 is 0 Å². The fraction of sp³-hybridized carbons (Fsp3) is 0.125. The maximum absolute atomic E-state index is 11.1. The van der Waals surface area contributed by atoms with Gasteiger partial charge in [-0.3, -0.25) is 4.40 Å². The summed E-state index contributed by atoms with van der Waals surface area (Å²) in [6, 6.07) is 11.0. The Bertz CT molecular complexity index is 850. The zero-order valence-corrected chi connectivity index (χ0v) is 12.3. The van der Waals surface area contributed by atoms with Gasteiger partial charge in [0.05, 0.1) is 5.56 Å². The smallest absolute Gasteiger partial charge is 0.337 e. The average Bonchev–Trinajstić information content (AvgIpc) is 2.84. The molecule has 3 N–H and O–H groups in total. The van der Waals surface area contributed by atoms with Crippen molar-refractivity contribution in [1.29, 1.82) is 0 Å². The van der Waals surface area contributed by atoms with Crippen molar-refractivity contribution in [1.82, 2.24) is 9.38 Å². The van der Waals surface area contributed by atoms with Crippen LogP contribution >= 0.6 is 0 Å². The van der Waals surface area contributed by atoms with Crippen molar-refractivity contribution in [3.8, 4) is 11.3 Å². The van der Waals surface area contributed by atoms with Gasteiger partial charge in [-0.15, -0.1) is 0 Å². The molecule has 0 radical (unpaired) electrons. The highest BCUT2D eigenvalue weighted by atomic mass is 16.4. The second kappa shape index (κ2) is 5.07. The second-order valence-electron chi connectivity index (χ2n) is 5.24. The Hall–Kier alpha value is -3.02. The number of nitrogens with two attached hydrogens (primary N) is 1. The molecule has 0 aliphatic rings. The van der Waals surface area contributed by atoms with Crippen molar-refractivity contribution in [3.05, 3.63) is 48.2 Å². The van der Waals surface area contributed by atoms with Gasteiger partial charge in [0.1, 0.15) is 17.2 Å². The van der Waals surface area contributed by atoms with Gasteiger partial charge in [-0.05, 0) is 24.3 Å². The molecule has 22 heavy (non-hydrogen) atoms. The molecule has 0 atom stereocenters. The Labute approximate surface area is 127 Å². The van der Waals surface area contributed by atoms with Crippen LogP contribution in [0.2, 0.25) is 0 Å². The van der Waals surface area contributed by atoms with Gasteiger partial charge in [-0.1, -0.05) is 12.1 Å². The summed E-state index contributed by atoms with van der Waals surface area (Å²) in [5.74, 6) is -0.567. The molecule has 1 aromatic carbocycles. The summed E-state index contributed by atoms with van der Waals surface area (Å²) in [5, 5.41) is 9.06. The number of nitrogens with zero attached hydrogens (tertiary/aromatic N) is 3. The number of imidazole rings is 1. The quantitative estimate of drug-likeness (QED) is 0.775. The molecule has 0 saturated carbocycles. The van der Waals surface area contributed by atoms with Gasteiger partial charge in [0, 0.05) is 31.5 Å². The van der Waals surface area contributed by atoms with Crippen LogP contribution in [-0.2, 0) is 0 Å². The molecule has 2 aromatic heterocycles. The molecule has 112 valence electrons. The van der Waals surface area contributed by atoms with Crippen molar-refractivity contribution in [2.75, 3.05) is 24.7 Å². The van der Waals surface area contributed by atoms with Gasteiger partial charge < -0.3 is 15.7 Å².